The Morgan fingerprint density at radius 3 is 1.10 bits per heavy atom. The molecule has 0 aliphatic rings. The Bertz CT molecular complexity index is 653. The van der Waals surface area contributed by atoms with Crippen LogP contribution < -0.4 is 3.63 Å². The van der Waals surface area contributed by atoms with E-state index >= 15 is 0 Å². The van der Waals surface area contributed by atoms with Gasteiger partial charge in [-0.05, 0) is 0 Å². The van der Waals surface area contributed by atoms with Crippen molar-refractivity contribution in [2.75, 3.05) is 0 Å². The number of hydrogen-bond donors (Lipinski definition) is 0. The second kappa shape index (κ2) is 10.8. The second-order valence-electron chi connectivity index (χ2n) is 5.84. The van der Waals surface area contributed by atoms with Crippen molar-refractivity contribution in [2.45, 2.75) is 13.8 Å². The molecule has 0 spiro atoms. The van der Waals surface area contributed by atoms with E-state index in [0.717, 1.165) is 0 Å². The monoisotopic (exact) mass is 1540 g/mol. The standard InChI is InChI=1S/C12H6N2.6Ra.6H/c1-9-5-3-7-11(13-9)12-8-4-6-10(2)14-12;;;;;;;;;;;;/h1-2H3;;;;;;;;;;;;. The Kier molecular flexibility index (Phi) is 12.6. The number of aromatic nitrogens is 2. The molecule has 20 heavy (non-hydrogen) atoms. The molecule has 0 fully saturated rings. The fraction of sp³-hybridized carbons (Fsp3) is 0.167. The molecular formula is C12H12N2Ra6. The van der Waals surface area contributed by atoms with Crippen LogP contribution in [0.5, 0.6) is 0 Å². The summed E-state index contributed by atoms with van der Waals surface area (Å²) in [6, 6.07) is 0. The average molecular weight is 1540 g/mol. The van der Waals surface area contributed by atoms with Crippen LogP contribution in [0.25, 0.3) is 11.4 Å². The van der Waals surface area contributed by atoms with Crippen molar-refractivity contribution < 1.29 is 257 Å². The van der Waals surface area contributed by atoms with E-state index in [1.54, 1.807) is 2.42 Å². The maximum absolute atomic E-state index is 5.05. The van der Waals surface area contributed by atoms with Crippen LogP contribution in [0.3, 0.4) is 0 Å². The molecule has 82 valence electrons. The number of aryl methyl sites for hydroxylation is 2. The molecule has 0 N–H and O–H groups in total. The summed E-state index contributed by atoms with van der Waals surface area (Å²) in [5.41, 5.74) is 5.41. The Hall–Kier alpha value is 7.11. The van der Waals surface area contributed by atoms with E-state index in [0.29, 0.717) is 257 Å². The first kappa shape index (κ1) is 23.4. The van der Waals surface area contributed by atoms with Crippen molar-refractivity contribution in [3.05, 3.63) is 11.4 Å². The molecule has 0 bridgehead atoms. The summed E-state index contributed by atoms with van der Waals surface area (Å²) in [6.45, 7) is 4.48. The zero-order chi connectivity index (χ0) is 15.2. The third-order valence-corrected chi connectivity index (χ3v) is 107. The number of nitrogens with zero attached hydrogens (tertiary/aromatic N) is 2. The summed E-state index contributed by atoms with van der Waals surface area (Å²) in [6.07, 6.45) is 0. The number of pyridine rings is 2. The van der Waals surface area contributed by atoms with Crippen molar-refractivity contribution in [1.82, 2.24) is 9.97 Å². The molecule has 2 rings (SSSR count). The van der Waals surface area contributed by atoms with Gasteiger partial charge in [-0.2, -0.15) is 0 Å². The number of hydrogen-bond acceptors (Lipinski definition) is 2. The molecule has 8 heteroatoms. The van der Waals surface area contributed by atoms with E-state index in [4.69, 9.17) is 9.97 Å². The fourth-order valence-corrected chi connectivity index (χ4v) is 34.4. The SMILES string of the molecule is Cc1nc(-c2nc(C)[c]([RaH])[c]([RaH])[c]2[RaH])[c]([RaH])[c]([RaH])[c]1[RaH]. The molecule has 2 aromatic rings. The molecule has 0 aliphatic heterocycles. The Morgan fingerprint density at radius 1 is 0.500 bits per heavy atom. The zero-order valence-electron chi connectivity index (χ0n) is 13.9. The van der Waals surface area contributed by atoms with Crippen molar-refractivity contribution >= 4 is 3.63 Å². The fourth-order valence-electron chi connectivity index (χ4n) is 2.59. The summed E-state index contributed by atoms with van der Waals surface area (Å²) >= 11 is 2.68. The molecule has 0 aliphatic carbocycles. The van der Waals surface area contributed by atoms with Crippen LogP contribution in [-0.4, -0.2) is 9.97 Å². The first-order chi connectivity index (χ1) is 9.25. The third kappa shape index (κ3) is 5.59. The quantitative estimate of drug-likeness (QED) is 0.294. The molecule has 0 atom stereocenters. The molecule has 0 saturated heterocycles. The van der Waals surface area contributed by atoms with Crippen LogP contribution in [-0.2, 0) is 0 Å². The predicted molar refractivity (Wildman–Crippen MR) is 63.1 cm³/mol. The summed E-state index contributed by atoms with van der Waals surface area (Å²) in [7, 11) is 0. The van der Waals surface area contributed by atoms with E-state index in [9.17, 15) is 0 Å². The van der Waals surface area contributed by atoms with Crippen LogP contribution >= 0.6 is 0 Å². The predicted octanol–water partition coefficient (Wildman–Crippen LogP) is -3.80. The molecule has 2 heterocycles. The van der Waals surface area contributed by atoms with E-state index in [1.165, 1.54) is 22.8 Å². The van der Waals surface area contributed by atoms with Gasteiger partial charge in [0.2, 0.25) is 0 Å². The van der Waals surface area contributed by atoms with Crippen LogP contribution in [0.2, 0.25) is 0 Å². The van der Waals surface area contributed by atoms with Crippen molar-refractivity contribution in [2.24, 2.45) is 0 Å². The van der Waals surface area contributed by atoms with E-state index in [2.05, 4.69) is 13.8 Å². The molecule has 2 aromatic heterocycles. The molecule has 0 aromatic carbocycles. The minimum absolute atomic E-state index is 0.400. The molecular weight excluding hydrogens is 1530 g/mol. The summed E-state index contributed by atoms with van der Waals surface area (Å²) in [4.78, 5) is 10.1. The van der Waals surface area contributed by atoms with Gasteiger partial charge in [0.15, 0.2) is 0 Å². The zero-order valence-corrected chi connectivity index (χ0v) is 63.2. The van der Waals surface area contributed by atoms with Crippen LogP contribution in [0.15, 0.2) is 0 Å². The van der Waals surface area contributed by atoms with E-state index in [1.807, 2.05) is 1.21 Å². The summed E-state index contributed by atoms with van der Waals surface area (Å²) in [5.74, 6) is 0. The van der Waals surface area contributed by atoms with Crippen LogP contribution in [0.4, 0.5) is 0 Å². The maximum atomic E-state index is 5.05. The van der Waals surface area contributed by atoms with Crippen LogP contribution in [0.1, 0.15) is 11.4 Å². The van der Waals surface area contributed by atoms with Gasteiger partial charge in [0.25, 0.3) is 0 Å². The topological polar surface area (TPSA) is 25.8 Å². The van der Waals surface area contributed by atoms with Crippen molar-refractivity contribution in [3.63, 3.8) is 0 Å². The van der Waals surface area contributed by atoms with Gasteiger partial charge < -0.3 is 0 Å². The minimum atomic E-state index is 0.400. The Labute approximate surface area is 295 Å². The molecule has 0 radical (unpaired) electrons. The third-order valence-electron chi connectivity index (χ3n) is 4.83. The van der Waals surface area contributed by atoms with Crippen LogP contribution in [0, 0.1) is 271 Å². The molecule has 2 nitrogen and oxygen atoms in total. The van der Waals surface area contributed by atoms with Gasteiger partial charge in [-0.25, -0.2) is 0 Å². The Balaban J connectivity index is 2.83. The van der Waals surface area contributed by atoms with Gasteiger partial charge >= 0.3 is 307 Å². The first-order valence-corrected chi connectivity index (χ1v) is 31.8. The van der Waals surface area contributed by atoms with E-state index < -0.39 is 0 Å². The molecule has 0 amide bonds. The van der Waals surface area contributed by atoms with Gasteiger partial charge in [0.1, 0.15) is 0 Å². The van der Waals surface area contributed by atoms with Gasteiger partial charge in [-0.3, -0.25) is 0 Å². The molecule has 0 saturated carbocycles. The summed E-state index contributed by atoms with van der Waals surface area (Å²) < 4.78 is 10.5. The van der Waals surface area contributed by atoms with Gasteiger partial charge in [-0.1, -0.05) is 0 Å². The first-order valence-electron chi connectivity index (χ1n) is 7.14. The van der Waals surface area contributed by atoms with Gasteiger partial charge in [-0.15, -0.1) is 0 Å². The van der Waals surface area contributed by atoms with Gasteiger partial charge in [0, 0.05) is 0 Å². The second-order valence-corrected chi connectivity index (χ2v) is 30.5. The summed E-state index contributed by atoms with van der Waals surface area (Å²) in [5, 5.41) is 0. The normalized spacial score (nSPS) is 10.4. The van der Waals surface area contributed by atoms with Crippen molar-refractivity contribution in [3.8, 4) is 11.4 Å². The van der Waals surface area contributed by atoms with Gasteiger partial charge in [0.05, 0.1) is 0 Å². The Morgan fingerprint density at radius 2 is 0.800 bits per heavy atom. The molecule has 0 unspecified atom stereocenters. The average Bonchev–Trinajstić information content (AvgIpc) is 2.42. The number of rotatable bonds is 1. The van der Waals surface area contributed by atoms with E-state index in [-0.39, 0.29) is 0 Å². The van der Waals surface area contributed by atoms with Crippen molar-refractivity contribution in [1.29, 1.82) is 0 Å².